The third kappa shape index (κ3) is 3.27. The van der Waals surface area contributed by atoms with Crippen molar-refractivity contribution in [1.29, 1.82) is 0 Å². The smallest absolute Gasteiger partial charge is 0.140 e. The van der Waals surface area contributed by atoms with Gasteiger partial charge in [0.25, 0.3) is 0 Å². The maximum absolute atomic E-state index is 10.0. The molecule has 1 atom stereocenters. The maximum atomic E-state index is 10.0. The Kier molecular flexibility index (Phi) is 4.07. The first kappa shape index (κ1) is 13.0. The van der Waals surface area contributed by atoms with Gasteiger partial charge in [0.15, 0.2) is 0 Å². The van der Waals surface area contributed by atoms with Crippen molar-refractivity contribution in [2.24, 2.45) is 0 Å². The molecule has 0 saturated carbocycles. The van der Waals surface area contributed by atoms with Crippen molar-refractivity contribution in [2.45, 2.75) is 6.10 Å². The van der Waals surface area contributed by atoms with Crippen LogP contribution in [0.1, 0.15) is 17.2 Å². The van der Waals surface area contributed by atoms with Gasteiger partial charge in [0, 0.05) is 11.3 Å². The average Bonchev–Trinajstić information content (AvgIpc) is 2.46. The summed E-state index contributed by atoms with van der Waals surface area (Å²) < 4.78 is 5.11. The lowest BCUT2D eigenvalue weighted by Gasteiger charge is -2.06. The summed E-state index contributed by atoms with van der Waals surface area (Å²) in [6.07, 6.45) is -0.866. The summed E-state index contributed by atoms with van der Waals surface area (Å²) in [4.78, 5) is 0. The van der Waals surface area contributed by atoms with E-state index in [1.165, 1.54) is 0 Å². The monoisotopic (exact) mass is 253 g/mol. The van der Waals surface area contributed by atoms with Crippen LogP contribution < -0.4 is 10.5 Å². The molecular weight excluding hydrogens is 238 g/mol. The second-order valence-corrected chi connectivity index (χ2v) is 4.04. The summed E-state index contributed by atoms with van der Waals surface area (Å²) in [6, 6.07) is 14.5. The third-order valence-electron chi connectivity index (χ3n) is 2.71. The summed E-state index contributed by atoms with van der Waals surface area (Å²) in [5, 5.41) is 10.0. The minimum atomic E-state index is -0.866. The van der Waals surface area contributed by atoms with Gasteiger partial charge in [-0.3, -0.25) is 0 Å². The molecule has 19 heavy (non-hydrogen) atoms. The van der Waals surface area contributed by atoms with Gasteiger partial charge >= 0.3 is 0 Å². The SMILES string of the molecule is COc1cccc(C(O)C#Cc2ccccc2N)c1. The largest absolute Gasteiger partial charge is 0.497 e. The molecule has 3 nitrogen and oxygen atoms in total. The van der Waals surface area contributed by atoms with Crippen LogP contribution in [0.15, 0.2) is 48.5 Å². The van der Waals surface area contributed by atoms with Crippen LogP contribution in [-0.2, 0) is 0 Å². The molecule has 3 heteroatoms. The van der Waals surface area contributed by atoms with Crippen molar-refractivity contribution in [3.63, 3.8) is 0 Å². The van der Waals surface area contributed by atoms with Gasteiger partial charge in [-0.2, -0.15) is 0 Å². The Bertz CT molecular complexity index is 626. The molecule has 0 aromatic heterocycles. The first-order valence-electron chi connectivity index (χ1n) is 5.89. The molecule has 0 fully saturated rings. The predicted octanol–water partition coefficient (Wildman–Crippen LogP) is 2.36. The number of hydrogen-bond donors (Lipinski definition) is 2. The Morgan fingerprint density at radius 2 is 1.95 bits per heavy atom. The van der Waals surface area contributed by atoms with Gasteiger partial charge in [-0.1, -0.05) is 36.1 Å². The fourth-order valence-electron chi connectivity index (χ4n) is 1.65. The molecule has 0 aliphatic heterocycles. The Hall–Kier alpha value is -2.44. The van der Waals surface area contributed by atoms with E-state index in [0.717, 1.165) is 0 Å². The van der Waals surface area contributed by atoms with E-state index in [4.69, 9.17) is 10.5 Å². The zero-order valence-electron chi connectivity index (χ0n) is 10.6. The van der Waals surface area contributed by atoms with Gasteiger partial charge in [-0.15, -0.1) is 0 Å². The molecule has 0 aliphatic rings. The second-order valence-electron chi connectivity index (χ2n) is 4.04. The number of hydrogen-bond acceptors (Lipinski definition) is 3. The standard InChI is InChI=1S/C16H15NO2/c1-19-14-7-4-6-13(11-14)16(18)10-9-12-5-2-3-8-15(12)17/h2-8,11,16,18H,17H2,1H3. The molecule has 3 N–H and O–H groups in total. The number of anilines is 1. The van der Waals surface area contributed by atoms with E-state index in [0.29, 0.717) is 22.6 Å². The lowest BCUT2D eigenvalue weighted by Crippen LogP contribution is -1.95. The number of aliphatic hydroxyl groups excluding tert-OH is 1. The van der Waals surface area contributed by atoms with Crippen LogP contribution in [0.25, 0.3) is 0 Å². The number of nitrogen functional groups attached to an aromatic ring is 1. The number of ether oxygens (including phenoxy) is 1. The van der Waals surface area contributed by atoms with E-state index in [9.17, 15) is 5.11 Å². The van der Waals surface area contributed by atoms with Crippen molar-refractivity contribution < 1.29 is 9.84 Å². The molecule has 96 valence electrons. The molecular formula is C16H15NO2. The molecule has 2 rings (SSSR count). The number of methoxy groups -OCH3 is 1. The molecule has 0 spiro atoms. The highest BCUT2D eigenvalue weighted by Gasteiger charge is 2.04. The molecule has 0 saturated heterocycles. The highest BCUT2D eigenvalue weighted by atomic mass is 16.5. The predicted molar refractivity (Wildman–Crippen MR) is 75.7 cm³/mol. The van der Waals surface area contributed by atoms with Crippen molar-refractivity contribution in [2.75, 3.05) is 12.8 Å². The van der Waals surface area contributed by atoms with Gasteiger partial charge in [0.05, 0.1) is 7.11 Å². The number of nitrogens with two attached hydrogens (primary N) is 1. The minimum Gasteiger partial charge on any atom is -0.497 e. The Balaban J connectivity index is 2.22. The second kappa shape index (κ2) is 5.94. The first-order valence-corrected chi connectivity index (χ1v) is 5.89. The lowest BCUT2D eigenvalue weighted by atomic mass is 10.1. The fraction of sp³-hybridized carbons (Fsp3) is 0.125. The number of para-hydroxylation sites is 1. The molecule has 1 unspecified atom stereocenters. The Labute approximate surface area is 112 Å². The van der Waals surface area contributed by atoms with Crippen molar-refractivity contribution in [3.8, 4) is 17.6 Å². The number of benzene rings is 2. The van der Waals surface area contributed by atoms with Crippen molar-refractivity contribution in [3.05, 3.63) is 59.7 Å². The van der Waals surface area contributed by atoms with E-state index < -0.39 is 6.10 Å². The van der Waals surface area contributed by atoms with Crippen LogP contribution >= 0.6 is 0 Å². The van der Waals surface area contributed by atoms with Gasteiger partial charge in [-0.25, -0.2) is 0 Å². The van der Waals surface area contributed by atoms with E-state index in [-0.39, 0.29) is 0 Å². The van der Waals surface area contributed by atoms with Gasteiger partial charge in [0.2, 0.25) is 0 Å². The topological polar surface area (TPSA) is 55.5 Å². The van der Waals surface area contributed by atoms with Crippen molar-refractivity contribution >= 4 is 5.69 Å². The molecule has 2 aromatic rings. The van der Waals surface area contributed by atoms with Crippen LogP contribution in [0.4, 0.5) is 5.69 Å². The van der Waals surface area contributed by atoms with Crippen LogP contribution in [0.5, 0.6) is 5.75 Å². The Morgan fingerprint density at radius 3 is 2.68 bits per heavy atom. The molecule has 0 bridgehead atoms. The van der Waals surface area contributed by atoms with E-state index in [1.54, 1.807) is 25.3 Å². The summed E-state index contributed by atoms with van der Waals surface area (Å²) >= 11 is 0. The average molecular weight is 253 g/mol. The minimum absolute atomic E-state index is 0.604. The Morgan fingerprint density at radius 1 is 1.16 bits per heavy atom. The summed E-state index contributed by atoms with van der Waals surface area (Å²) in [6.45, 7) is 0. The maximum Gasteiger partial charge on any atom is 0.140 e. The molecule has 0 radical (unpaired) electrons. The third-order valence-corrected chi connectivity index (χ3v) is 2.71. The van der Waals surface area contributed by atoms with Gasteiger partial charge in [-0.05, 0) is 29.8 Å². The molecule has 0 heterocycles. The van der Waals surface area contributed by atoms with Crippen LogP contribution in [-0.4, -0.2) is 12.2 Å². The summed E-state index contributed by atoms with van der Waals surface area (Å²) in [7, 11) is 1.59. The van der Waals surface area contributed by atoms with Crippen LogP contribution in [0, 0.1) is 11.8 Å². The van der Waals surface area contributed by atoms with Crippen molar-refractivity contribution in [1.82, 2.24) is 0 Å². The normalized spacial score (nSPS) is 11.3. The quantitative estimate of drug-likeness (QED) is 0.638. The zero-order chi connectivity index (χ0) is 13.7. The lowest BCUT2D eigenvalue weighted by molar-refractivity contribution is 0.238. The summed E-state index contributed by atoms with van der Waals surface area (Å²) in [5.74, 6) is 6.35. The molecule has 0 amide bonds. The number of aliphatic hydroxyl groups is 1. The van der Waals surface area contributed by atoms with E-state index in [1.807, 2.05) is 30.3 Å². The first-order chi connectivity index (χ1) is 9.20. The number of rotatable bonds is 2. The van der Waals surface area contributed by atoms with Gasteiger partial charge in [0.1, 0.15) is 11.9 Å². The van der Waals surface area contributed by atoms with Crippen LogP contribution in [0.3, 0.4) is 0 Å². The van der Waals surface area contributed by atoms with Crippen LogP contribution in [0.2, 0.25) is 0 Å². The van der Waals surface area contributed by atoms with Gasteiger partial charge < -0.3 is 15.6 Å². The highest BCUT2D eigenvalue weighted by molar-refractivity contribution is 5.55. The zero-order valence-corrected chi connectivity index (χ0v) is 10.6. The summed E-state index contributed by atoms with van der Waals surface area (Å²) in [5.41, 5.74) is 7.80. The van der Waals surface area contributed by atoms with E-state index >= 15 is 0 Å². The van der Waals surface area contributed by atoms with E-state index in [2.05, 4.69) is 11.8 Å². The highest BCUT2D eigenvalue weighted by Crippen LogP contribution is 2.18. The fourth-order valence-corrected chi connectivity index (χ4v) is 1.65. The molecule has 2 aromatic carbocycles. The molecule has 0 aliphatic carbocycles.